The van der Waals surface area contributed by atoms with Crippen LogP contribution in [0.3, 0.4) is 0 Å². The standard InChI is InChI=1S/C15H23N3S/c1-4-17(5-2)10-7-11-18-13-9-6-8-12(3)14(13)16-15(18)19/h6,8-9H,4-5,7,10-11H2,1-3H3,(H,16,19). The normalized spacial score (nSPS) is 11.6. The van der Waals surface area contributed by atoms with Crippen LogP contribution < -0.4 is 0 Å². The van der Waals surface area contributed by atoms with E-state index in [4.69, 9.17) is 12.2 Å². The Hall–Kier alpha value is -1.13. The Kier molecular flexibility index (Phi) is 4.77. The molecule has 1 aromatic carbocycles. The van der Waals surface area contributed by atoms with E-state index in [0.717, 1.165) is 37.4 Å². The summed E-state index contributed by atoms with van der Waals surface area (Å²) in [6, 6.07) is 6.36. The minimum atomic E-state index is 0.837. The van der Waals surface area contributed by atoms with Gasteiger partial charge in [-0.1, -0.05) is 26.0 Å². The Labute approximate surface area is 120 Å². The Morgan fingerprint density at radius 2 is 2.00 bits per heavy atom. The number of nitrogens with zero attached hydrogens (tertiary/aromatic N) is 2. The molecule has 0 unspecified atom stereocenters. The van der Waals surface area contributed by atoms with Crippen LogP contribution in [0.4, 0.5) is 0 Å². The van der Waals surface area contributed by atoms with Gasteiger partial charge in [-0.05, 0) is 56.8 Å². The average molecular weight is 277 g/mol. The van der Waals surface area contributed by atoms with Crippen LogP contribution >= 0.6 is 12.2 Å². The van der Waals surface area contributed by atoms with E-state index in [1.54, 1.807) is 0 Å². The Morgan fingerprint density at radius 1 is 1.26 bits per heavy atom. The fourth-order valence-electron chi connectivity index (χ4n) is 2.54. The number of para-hydroxylation sites is 1. The van der Waals surface area contributed by atoms with Crippen LogP contribution in [-0.4, -0.2) is 34.1 Å². The van der Waals surface area contributed by atoms with E-state index in [1.807, 2.05) is 0 Å². The van der Waals surface area contributed by atoms with Gasteiger partial charge in [0.25, 0.3) is 0 Å². The van der Waals surface area contributed by atoms with E-state index in [0.29, 0.717) is 0 Å². The van der Waals surface area contributed by atoms with Crippen LogP contribution in [0, 0.1) is 11.7 Å². The monoisotopic (exact) mass is 277 g/mol. The van der Waals surface area contributed by atoms with E-state index < -0.39 is 0 Å². The van der Waals surface area contributed by atoms with Crippen LogP contribution in [0.5, 0.6) is 0 Å². The van der Waals surface area contributed by atoms with Crippen molar-refractivity contribution in [3.63, 3.8) is 0 Å². The number of H-pyrrole nitrogens is 1. The first-order valence-corrected chi connectivity index (χ1v) is 7.48. The van der Waals surface area contributed by atoms with Crippen molar-refractivity contribution < 1.29 is 0 Å². The molecule has 0 fully saturated rings. The molecule has 3 nitrogen and oxygen atoms in total. The first-order valence-electron chi connectivity index (χ1n) is 7.07. The lowest BCUT2D eigenvalue weighted by Gasteiger charge is -2.17. The van der Waals surface area contributed by atoms with Crippen molar-refractivity contribution in [3.05, 3.63) is 28.5 Å². The van der Waals surface area contributed by atoms with E-state index in [-0.39, 0.29) is 0 Å². The van der Waals surface area contributed by atoms with Crippen molar-refractivity contribution >= 4 is 23.3 Å². The number of aryl methyl sites for hydroxylation is 2. The first-order chi connectivity index (χ1) is 9.17. The molecule has 0 aliphatic heterocycles. The van der Waals surface area contributed by atoms with Crippen molar-refractivity contribution in [2.45, 2.75) is 33.7 Å². The van der Waals surface area contributed by atoms with Gasteiger partial charge in [0.15, 0.2) is 4.77 Å². The lowest BCUT2D eigenvalue weighted by molar-refractivity contribution is 0.293. The van der Waals surface area contributed by atoms with Crippen molar-refractivity contribution in [1.29, 1.82) is 0 Å². The van der Waals surface area contributed by atoms with Gasteiger partial charge in [0.05, 0.1) is 11.0 Å². The van der Waals surface area contributed by atoms with Crippen LogP contribution in [-0.2, 0) is 6.54 Å². The first kappa shape index (κ1) is 14.3. The van der Waals surface area contributed by atoms with Gasteiger partial charge >= 0.3 is 0 Å². The van der Waals surface area contributed by atoms with Crippen LogP contribution in [0.15, 0.2) is 18.2 Å². The summed E-state index contributed by atoms with van der Waals surface area (Å²) >= 11 is 5.44. The smallest absolute Gasteiger partial charge is 0.178 e. The molecular formula is C15H23N3S. The molecule has 1 N–H and O–H groups in total. The quantitative estimate of drug-likeness (QED) is 0.813. The third-order valence-corrected chi connectivity index (χ3v) is 4.09. The zero-order chi connectivity index (χ0) is 13.8. The maximum absolute atomic E-state index is 5.44. The largest absolute Gasteiger partial charge is 0.330 e. The lowest BCUT2D eigenvalue weighted by atomic mass is 10.2. The third-order valence-electron chi connectivity index (χ3n) is 3.77. The number of benzene rings is 1. The fourth-order valence-corrected chi connectivity index (χ4v) is 2.83. The molecule has 0 bridgehead atoms. The summed E-state index contributed by atoms with van der Waals surface area (Å²) in [4.78, 5) is 5.77. The number of nitrogens with one attached hydrogen (secondary N) is 1. The zero-order valence-corrected chi connectivity index (χ0v) is 12.9. The second kappa shape index (κ2) is 6.35. The van der Waals surface area contributed by atoms with Crippen LogP contribution in [0.2, 0.25) is 0 Å². The van der Waals surface area contributed by atoms with Gasteiger partial charge in [-0.25, -0.2) is 0 Å². The summed E-state index contributed by atoms with van der Waals surface area (Å²) in [5.41, 5.74) is 3.66. The molecule has 1 aromatic heterocycles. The molecule has 0 saturated carbocycles. The van der Waals surface area contributed by atoms with Gasteiger partial charge in [-0.3, -0.25) is 0 Å². The summed E-state index contributed by atoms with van der Waals surface area (Å²) in [5.74, 6) is 0. The highest BCUT2D eigenvalue weighted by Gasteiger charge is 2.06. The van der Waals surface area contributed by atoms with Gasteiger partial charge in [0, 0.05) is 6.54 Å². The van der Waals surface area contributed by atoms with E-state index >= 15 is 0 Å². The highest BCUT2D eigenvalue weighted by atomic mass is 32.1. The summed E-state index contributed by atoms with van der Waals surface area (Å²) in [7, 11) is 0. The van der Waals surface area contributed by atoms with Crippen LogP contribution in [0.25, 0.3) is 11.0 Å². The third kappa shape index (κ3) is 3.07. The highest BCUT2D eigenvalue weighted by Crippen LogP contribution is 2.18. The topological polar surface area (TPSA) is 24.0 Å². The maximum Gasteiger partial charge on any atom is 0.178 e. The minimum absolute atomic E-state index is 0.837. The van der Waals surface area contributed by atoms with Crippen LogP contribution in [0.1, 0.15) is 25.8 Å². The molecule has 0 atom stereocenters. The zero-order valence-electron chi connectivity index (χ0n) is 12.1. The molecule has 0 spiro atoms. The molecule has 19 heavy (non-hydrogen) atoms. The molecule has 0 aliphatic rings. The van der Waals surface area contributed by atoms with E-state index in [2.05, 4.69) is 53.4 Å². The Bertz CT molecular complexity index is 593. The number of rotatable bonds is 6. The molecule has 2 rings (SSSR count). The number of aromatic nitrogens is 2. The second-order valence-corrected chi connectivity index (χ2v) is 5.32. The Morgan fingerprint density at radius 3 is 2.68 bits per heavy atom. The van der Waals surface area contributed by atoms with E-state index in [1.165, 1.54) is 16.6 Å². The maximum atomic E-state index is 5.44. The molecule has 0 radical (unpaired) electrons. The predicted molar refractivity (Wildman–Crippen MR) is 84.3 cm³/mol. The average Bonchev–Trinajstić information content (AvgIpc) is 2.73. The van der Waals surface area contributed by atoms with Crippen molar-refractivity contribution in [2.75, 3.05) is 19.6 Å². The molecule has 2 aromatic rings. The SMILES string of the molecule is CCN(CC)CCCn1c(=S)[nH]c2c(C)cccc21. The fraction of sp³-hybridized carbons (Fsp3) is 0.533. The lowest BCUT2D eigenvalue weighted by Crippen LogP contribution is -2.24. The van der Waals surface area contributed by atoms with Gasteiger partial charge in [0.2, 0.25) is 0 Å². The molecule has 0 aliphatic carbocycles. The summed E-state index contributed by atoms with van der Waals surface area (Å²) in [6.45, 7) is 10.9. The number of fused-ring (bicyclic) bond motifs is 1. The van der Waals surface area contributed by atoms with E-state index in [9.17, 15) is 0 Å². The summed E-state index contributed by atoms with van der Waals surface area (Å²) in [6.07, 6.45) is 1.14. The number of imidazole rings is 1. The molecule has 1 heterocycles. The molecule has 104 valence electrons. The van der Waals surface area contributed by atoms with Gasteiger partial charge in [-0.15, -0.1) is 0 Å². The van der Waals surface area contributed by atoms with Crippen molar-refractivity contribution in [3.8, 4) is 0 Å². The highest BCUT2D eigenvalue weighted by molar-refractivity contribution is 7.71. The number of hydrogen-bond acceptors (Lipinski definition) is 2. The number of aromatic amines is 1. The second-order valence-electron chi connectivity index (χ2n) is 4.93. The van der Waals surface area contributed by atoms with Gasteiger partial charge in [0.1, 0.15) is 0 Å². The van der Waals surface area contributed by atoms with Crippen molar-refractivity contribution in [2.24, 2.45) is 0 Å². The molecule has 0 saturated heterocycles. The van der Waals surface area contributed by atoms with Crippen molar-refractivity contribution in [1.82, 2.24) is 14.5 Å². The molecule has 4 heteroatoms. The predicted octanol–water partition coefficient (Wildman–Crippen LogP) is 3.74. The summed E-state index contributed by atoms with van der Waals surface area (Å²) < 4.78 is 3.06. The Balaban J connectivity index is 2.15. The van der Waals surface area contributed by atoms with Gasteiger partial charge < -0.3 is 14.5 Å². The molecule has 0 amide bonds. The minimum Gasteiger partial charge on any atom is -0.330 e. The van der Waals surface area contributed by atoms with Gasteiger partial charge in [-0.2, -0.15) is 0 Å². The molecular weight excluding hydrogens is 254 g/mol. The summed E-state index contributed by atoms with van der Waals surface area (Å²) in [5, 5.41) is 0. The number of hydrogen-bond donors (Lipinski definition) is 1.